The van der Waals surface area contributed by atoms with E-state index < -0.39 is 0 Å². The summed E-state index contributed by atoms with van der Waals surface area (Å²) in [6.07, 6.45) is 0.899. The second-order valence-corrected chi connectivity index (χ2v) is 7.22. The smallest absolute Gasteiger partial charge is 0.118 e. The van der Waals surface area contributed by atoms with Gasteiger partial charge in [0.15, 0.2) is 0 Å². The Kier molecular flexibility index (Phi) is 4.57. The van der Waals surface area contributed by atoms with Crippen molar-refractivity contribution in [1.82, 2.24) is 0 Å². The second kappa shape index (κ2) is 7.16. The third-order valence-corrected chi connectivity index (χ3v) is 5.69. The number of rotatable bonds is 3. The van der Waals surface area contributed by atoms with Crippen LogP contribution in [0.5, 0.6) is 5.75 Å². The van der Waals surface area contributed by atoms with Crippen LogP contribution in [-0.4, -0.2) is 12.8 Å². The molecule has 2 nitrogen and oxygen atoms in total. The van der Waals surface area contributed by atoms with E-state index in [4.69, 9.17) is 9.73 Å². The SMILES string of the molecule is COc1ccc(C2=Nc3ccccc3SC(c3ccccc3)C2)cc1. The van der Waals surface area contributed by atoms with Crippen molar-refractivity contribution in [1.29, 1.82) is 0 Å². The molecule has 25 heavy (non-hydrogen) atoms. The predicted octanol–water partition coefficient (Wildman–Crippen LogP) is 6.05. The molecule has 4 rings (SSSR count). The summed E-state index contributed by atoms with van der Waals surface area (Å²) >= 11 is 1.90. The molecule has 1 aliphatic heterocycles. The molecule has 3 heteroatoms. The molecule has 1 heterocycles. The number of hydrogen-bond acceptors (Lipinski definition) is 3. The lowest BCUT2D eigenvalue weighted by molar-refractivity contribution is 0.415. The van der Waals surface area contributed by atoms with Gasteiger partial charge in [-0.3, -0.25) is 4.99 Å². The topological polar surface area (TPSA) is 21.6 Å². The van der Waals surface area contributed by atoms with E-state index in [9.17, 15) is 0 Å². The van der Waals surface area contributed by atoms with Crippen LogP contribution in [0.1, 0.15) is 22.8 Å². The number of methoxy groups -OCH3 is 1. The highest BCUT2D eigenvalue weighted by atomic mass is 32.2. The van der Waals surface area contributed by atoms with Crippen molar-refractivity contribution in [3.8, 4) is 5.75 Å². The number of ether oxygens (including phenoxy) is 1. The normalized spacial score (nSPS) is 16.5. The maximum absolute atomic E-state index is 5.28. The summed E-state index contributed by atoms with van der Waals surface area (Å²) in [4.78, 5) is 6.23. The van der Waals surface area contributed by atoms with Crippen molar-refractivity contribution in [2.75, 3.05) is 7.11 Å². The maximum Gasteiger partial charge on any atom is 0.118 e. The van der Waals surface area contributed by atoms with Gasteiger partial charge in [0.2, 0.25) is 0 Å². The number of benzene rings is 3. The highest BCUT2D eigenvalue weighted by Gasteiger charge is 2.22. The monoisotopic (exact) mass is 345 g/mol. The molecule has 3 aromatic carbocycles. The van der Waals surface area contributed by atoms with Gasteiger partial charge in [0.25, 0.3) is 0 Å². The average Bonchev–Trinajstić information content (AvgIpc) is 2.88. The Morgan fingerprint density at radius 2 is 1.60 bits per heavy atom. The molecule has 0 saturated heterocycles. The van der Waals surface area contributed by atoms with E-state index in [2.05, 4.69) is 66.7 Å². The van der Waals surface area contributed by atoms with Crippen molar-refractivity contribution in [3.05, 3.63) is 90.0 Å². The van der Waals surface area contributed by atoms with Gasteiger partial charge in [0.1, 0.15) is 5.75 Å². The Morgan fingerprint density at radius 1 is 0.880 bits per heavy atom. The molecule has 0 radical (unpaired) electrons. The second-order valence-electron chi connectivity index (χ2n) is 5.98. The van der Waals surface area contributed by atoms with E-state index in [1.54, 1.807) is 7.11 Å². The molecule has 124 valence electrons. The minimum atomic E-state index is 0.353. The molecule has 0 bridgehead atoms. The Labute approximate surface area is 152 Å². The van der Waals surface area contributed by atoms with Crippen LogP contribution in [0, 0.1) is 0 Å². The summed E-state index contributed by atoms with van der Waals surface area (Å²) in [7, 11) is 1.69. The fraction of sp³-hybridized carbons (Fsp3) is 0.136. The quantitative estimate of drug-likeness (QED) is 0.576. The molecule has 0 aliphatic carbocycles. The summed E-state index contributed by atoms with van der Waals surface area (Å²) in [5.74, 6) is 0.868. The van der Waals surface area contributed by atoms with Crippen LogP contribution in [0.2, 0.25) is 0 Å². The minimum Gasteiger partial charge on any atom is -0.497 e. The van der Waals surface area contributed by atoms with Crippen LogP contribution in [0.25, 0.3) is 0 Å². The lowest BCUT2D eigenvalue weighted by Gasteiger charge is -2.16. The highest BCUT2D eigenvalue weighted by Crippen LogP contribution is 2.45. The van der Waals surface area contributed by atoms with Crippen LogP contribution >= 0.6 is 11.8 Å². The van der Waals surface area contributed by atoms with Gasteiger partial charge in [-0.05, 0) is 47.5 Å². The van der Waals surface area contributed by atoms with E-state index in [-0.39, 0.29) is 0 Å². The zero-order valence-electron chi connectivity index (χ0n) is 14.1. The maximum atomic E-state index is 5.28. The Morgan fingerprint density at radius 3 is 2.36 bits per heavy atom. The zero-order valence-corrected chi connectivity index (χ0v) is 14.9. The van der Waals surface area contributed by atoms with Crippen molar-refractivity contribution < 1.29 is 4.74 Å². The summed E-state index contributed by atoms with van der Waals surface area (Å²) < 4.78 is 5.28. The summed E-state index contributed by atoms with van der Waals surface area (Å²) in [6.45, 7) is 0. The van der Waals surface area contributed by atoms with E-state index in [0.717, 1.165) is 29.1 Å². The molecule has 0 saturated carbocycles. The lowest BCUT2D eigenvalue weighted by Crippen LogP contribution is -2.05. The molecule has 1 atom stereocenters. The third-order valence-electron chi connectivity index (χ3n) is 4.36. The minimum absolute atomic E-state index is 0.353. The molecule has 0 spiro atoms. The average molecular weight is 345 g/mol. The zero-order chi connectivity index (χ0) is 17.1. The first-order valence-corrected chi connectivity index (χ1v) is 9.24. The molecular weight excluding hydrogens is 326 g/mol. The summed E-state index contributed by atoms with van der Waals surface area (Å²) in [5.41, 5.74) is 4.66. The van der Waals surface area contributed by atoms with Crippen molar-refractivity contribution in [2.45, 2.75) is 16.6 Å². The largest absolute Gasteiger partial charge is 0.497 e. The van der Waals surface area contributed by atoms with E-state index in [1.807, 2.05) is 23.9 Å². The molecule has 3 aromatic rings. The number of fused-ring (bicyclic) bond motifs is 1. The van der Waals surface area contributed by atoms with Gasteiger partial charge >= 0.3 is 0 Å². The summed E-state index contributed by atoms with van der Waals surface area (Å²) in [6, 6.07) is 27.3. The van der Waals surface area contributed by atoms with E-state index in [0.29, 0.717) is 5.25 Å². The molecule has 1 unspecified atom stereocenters. The molecule has 0 amide bonds. The Hall–Kier alpha value is -2.52. The number of thioether (sulfide) groups is 1. The van der Waals surface area contributed by atoms with Gasteiger partial charge in [-0.25, -0.2) is 0 Å². The van der Waals surface area contributed by atoms with Crippen LogP contribution < -0.4 is 4.74 Å². The number of aliphatic imine (C=N–C) groups is 1. The third kappa shape index (κ3) is 3.47. The first-order chi connectivity index (χ1) is 12.3. The Bertz CT molecular complexity index is 887. The van der Waals surface area contributed by atoms with Gasteiger partial charge < -0.3 is 4.74 Å². The van der Waals surface area contributed by atoms with E-state index in [1.165, 1.54) is 10.5 Å². The molecule has 0 fully saturated rings. The van der Waals surface area contributed by atoms with Crippen LogP contribution in [0.4, 0.5) is 5.69 Å². The van der Waals surface area contributed by atoms with E-state index >= 15 is 0 Å². The molecule has 0 aromatic heterocycles. The number of nitrogens with zero attached hydrogens (tertiary/aromatic N) is 1. The fourth-order valence-corrected chi connectivity index (χ4v) is 4.26. The standard InChI is InChI=1S/C22H19NOS/c1-24-18-13-11-16(12-14-18)20-15-22(17-7-3-2-4-8-17)25-21-10-6-5-9-19(21)23-20/h2-14,22H,15H2,1H3. The van der Waals surface area contributed by atoms with Crippen molar-refractivity contribution in [2.24, 2.45) is 4.99 Å². The van der Waals surface area contributed by atoms with Gasteiger partial charge in [0, 0.05) is 22.3 Å². The molecule has 1 aliphatic rings. The predicted molar refractivity (Wildman–Crippen MR) is 105 cm³/mol. The van der Waals surface area contributed by atoms with Gasteiger partial charge in [-0.15, -0.1) is 11.8 Å². The summed E-state index contributed by atoms with van der Waals surface area (Å²) in [5, 5.41) is 0.353. The number of para-hydroxylation sites is 1. The van der Waals surface area contributed by atoms with Crippen LogP contribution in [-0.2, 0) is 0 Å². The van der Waals surface area contributed by atoms with Gasteiger partial charge in [0.05, 0.1) is 12.8 Å². The molecule has 0 N–H and O–H groups in total. The van der Waals surface area contributed by atoms with Crippen molar-refractivity contribution >= 4 is 23.2 Å². The first kappa shape index (κ1) is 16.0. The highest BCUT2D eigenvalue weighted by molar-refractivity contribution is 7.99. The van der Waals surface area contributed by atoms with Crippen LogP contribution in [0.15, 0.2) is 88.8 Å². The molecular formula is C22H19NOS. The van der Waals surface area contributed by atoms with Gasteiger partial charge in [-0.2, -0.15) is 0 Å². The lowest BCUT2D eigenvalue weighted by atomic mass is 10.0. The van der Waals surface area contributed by atoms with Crippen molar-refractivity contribution in [3.63, 3.8) is 0 Å². The number of hydrogen-bond donors (Lipinski definition) is 0. The fourth-order valence-electron chi connectivity index (χ4n) is 3.03. The Balaban J connectivity index is 1.77. The first-order valence-electron chi connectivity index (χ1n) is 8.36. The van der Waals surface area contributed by atoms with Crippen LogP contribution in [0.3, 0.4) is 0 Å². The van der Waals surface area contributed by atoms with Gasteiger partial charge in [-0.1, -0.05) is 42.5 Å².